The van der Waals surface area contributed by atoms with Gasteiger partial charge in [0.15, 0.2) is 6.29 Å². The summed E-state index contributed by atoms with van der Waals surface area (Å²) >= 11 is 0. The molecule has 0 atom stereocenters. The van der Waals surface area contributed by atoms with Gasteiger partial charge in [0.2, 0.25) is 0 Å². The zero-order chi connectivity index (χ0) is 12.8. The normalized spacial score (nSPS) is 9.47. The van der Waals surface area contributed by atoms with Crippen molar-refractivity contribution in [1.29, 1.82) is 5.26 Å². The molecule has 0 N–H and O–H groups in total. The molecule has 0 spiro atoms. The molecular formula is C12H10FNO3. The van der Waals surface area contributed by atoms with Crippen molar-refractivity contribution >= 4 is 12.3 Å². The molecule has 0 saturated carbocycles. The van der Waals surface area contributed by atoms with Crippen LogP contribution in [0.4, 0.5) is 4.39 Å². The van der Waals surface area contributed by atoms with Gasteiger partial charge in [0.1, 0.15) is 5.82 Å². The third kappa shape index (κ3) is 2.88. The number of halogens is 1. The van der Waals surface area contributed by atoms with Gasteiger partial charge in [-0.2, -0.15) is 5.26 Å². The number of benzene rings is 1. The molecule has 0 aliphatic carbocycles. The molecule has 0 aliphatic rings. The Morgan fingerprint density at radius 1 is 1.59 bits per heavy atom. The highest BCUT2D eigenvalue weighted by atomic mass is 19.1. The Kier molecular flexibility index (Phi) is 4.35. The van der Waals surface area contributed by atoms with Crippen molar-refractivity contribution in [3.8, 4) is 6.07 Å². The second-order valence-electron chi connectivity index (χ2n) is 3.21. The Hall–Kier alpha value is -2.22. The fourth-order valence-corrected chi connectivity index (χ4v) is 1.35. The summed E-state index contributed by atoms with van der Waals surface area (Å²) in [5.41, 5.74) is -0.330. The smallest absolute Gasteiger partial charge is 0.310 e. The number of carbonyl (C=O) groups is 2. The highest BCUT2D eigenvalue weighted by molar-refractivity contribution is 5.81. The number of hydrogen-bond donors (Lipinski definition) is 0. The lowest BCUT2D eigenvalue weighted by Crippen LogP contribution is -2.10. The Morgan fingerprint density at radius 2 is 2.29 bits per heavy atom. The lowest BCUT2D eigenvalue weighted by atomic mass is 10.0. The number of carbonyl (C=O) groups excluding carboxylic acids is 2. The van der Waals surface area contributed by atoms with Crippen molar-refractivity contribution in [2.24, 2.45) is 0 Å². The third-order valence-electron chi connectivity index (χ3n) is 2.14. The zero-order valence-electron chi connectivity index (χ0n) is 9.20. The van der Waals surface area contributed by atoms with E-state index >= 15 is 0 Å². The first-order chi connectivity index (χ1) is 8.13. The summed E-state index contributed by atoms with van der Waals surface area (Å²) in [4.78, 5) is 21.8. The van der Waals surface area contributed by atoms with Crippen molar-refractivity contribution in [3.63, 3.8) is 0 Å². The quantitative estimate of drug-likeness (QED) is 0.587. The lowest BCUT2D eigenvalue weighted by Gasteiger charge is -2.06. The highest BCUT2D eigenvalue weighted by Crippen LogP contribution is 2.16. The molecule has 0 amide bonds. The molecule has 1 aromatic carbocycles. The van der Waals surface area contributed by atoms with E-state index in [1.54, 1.807) is 13.0 Å². The average Bonchev–Trinajstić information content (AvgIpc) is 2.31. The van der Waals surface area contributed by atoms with Crippen molar-refractivity contribution in [2.45, 2.75) is 13.3 Å². The summed E-state index contributed by atoms with van der Waals surface area (Å²) in [5.74, 6) is -1.42. The van der Waals surface area contributed by atoms with E-state index in [4.69, 9.17) is 5.26 Å². The standard InChI is InChI=1S/C12H10FNO3/c1-2-17-11(16)5-8-3-4-9(6-14)10(7-15)12(8)13/h3-4,7H,2,5H2,1H3. The Balaban J connectivity index is 3.08. The monoisotopic (exact) mass is 235 g/mol. The van der Waals surface area contributed by atoms with Crippen LogP contribution in [0.2, 0.25) is 0 Å². The van der Waals surface area contributed by atoms with Gasteiger partial charge in [-0.3, -0.25) is 9.59 Å². The van der Waals surface area contributed by atoms with Gasteiger partial charge in [0.05, 0.1) is 30.2 Å². The molecule has 0 aliphatic heterocycles. The van der Waals surface area contributed by atoms with Crippen LogP contribution >= 0.6 is 0 Å². The molecule has 0 radical (unpaired) electrons. The molecule has 1 aromatic rings. The average molecular weight is 235 g/mol. The van der Waals surface area contributed by atoms with Crippen LogP contribution in [-0.2, 0) is 16.0 Å². The van der Waals surface area contributed by atoms with E-state index in [0.717, 1.165) is 0 Å². The summed E-state index contributed by atoms with van der Waals surface area (Å²) in [5, 5.41) is 8.66. The van der Waals surface area contributed by atoms with E-state index < -0.39 is 11.8 Å². The summed E-state index contributed by atoms with van der Waals surface area (Å²) in [7, 11) is 0. The van der Waals surface area contributed by atoms with E-state index in [2.05, 4.69) is 4.74 Å². The van der Waals surface area contributed by atoms with Crippen LogP contribution in [0.1, 0.15) is 28.4 Å². The number of hydrogen-bond acceptors (Lipinski definition) is 4. The Bertz CT molecular complexity index is 491. The largest absolute Gasteiger partial charge is 0.466 e. The first-order valence-electron chi connectivity index (χ1n) is 4.96. The number of ether oxygens (including phenoxy) is 1. The highest BCUT2D eigenvalue weighted by Gasteiger charge is 2.15. The zero-order valence-corrected chi connectivity index (χ0v) is 9.20. The van der Waals surface area contributed by atoms with E-state index in [9.17, 15) is 14.0 Å². The van der Waals surface area contributed by atoms with Crippen LogP contribution in [0.25, 0.3) is 0 Å². The molecule has 1 rings (SSSR count). The van der Waals surface area contributed by atoms with Crippen LogP contribution in [-0.4, -0.2) is 18.9 Å². The summed E-state index contributed by atoms with van der Waals surface area (Å²) < 4.78 is 18.4. The van der Waals surface area contributed by atoms with Gasteiger partial charge < -0.3 is 4.74 Å². The minimum atomic E-state index is -0.841. The molecular weight excluding hydrogens is 225 g/mol. The topological polar surface area (TPSA) is 67.2 Å². The predicted octanol–water partition coefficient (Wildman–Crippen LogP) is 1.62. The van der Waals surface area contributed by atoms with Crippen LogP contribution in [0.15, 0.2) is 12.1 Å². The van der Waals surface area contributed by atoms with Crippen LogP contribution in [0, 0.1) is 17.1 Å². The summed E-state index contributed by atoms with van der Waals surface area (Å²) in [6, 6.07) is 4.32. The summed E-state index contributed by atoms with van der Waals surface area (Å²) in [6.07, 6.45) is 0.00869. The van der Waals surface area contributed by atoms with Crippen LogP contribution in [0.5, 0.6) is 0 Å². The van der Waals surface area contributed by atoms with Gasteiger partial charge >= 0.3 is 5.97 Å². The van der Waals surface area contributed by atoms with Crippen molar-refractivity contribution in [2.75, 3.05) is 6.61 Å². The van der Waals surface area contributed by atoms with Gasteiger partial charge in [-0.25, -0.2) is 4.39 Å². The number of aldehydes is 1. The molecule has 0 aromatic heterocycles. The van der Waals surface area contributed by atoms with Crippen LogP contribution < -0.4 is 0 Å². The van der Waals surface area contributed by atoms with Gasteiger partial charge in [-0.15, -0.1) is 0 Å². The molecule has 88 valence electrons. The maximum absolute atomic E-state index is 13.7. The van der Waals surface area contributed by atoms with E-state index in [1.807, 2.05) is 0 Å². The SMILES string of the molecule is CCOC(=O)Cc1ccc(C#N)c(C=O)c1F. The number of nitrogens with zero attached hydrogens (tertiary/aromatic N) is 1. The maximum atomic E-state index is 13.7. The minimum Gasteiger partial charge on any atom is -0.466 e. The Labute approximate surface area is 97.6 Å². The maximum Gasteiger partial charge on any atom is 0.310 e. The minimum absolute atomic E-state index is 0.0459. The van der Waals surface area contributed by atoms with E-state index in [0.29, 0.717) is 0 Å². The molecule has 0 bridgehead atoms. The second kappa shape index (κ2) is 5.75. The van der Waals surface area contributed by atoms with Gasteiger partial charge in [-0.1, -0.05) is 6.07 Å². The summed E-state index contributed by atoms with van der Waals surface area (Å²) in [6.45, 7) is 1.85. The molecule has 17 heavy (non-hydrogen) atoms. The van der Waals surface area contributed by atoms with Gasteiger partial charge in [0.25, 0.3) is 0 Å². The second-order valence-corrected chi connectivity index (χ2v) is 3.21. The lowest BCUT2D eigenvalue weighted by molar-refractivity contribution is -0.142. The molecule has 0 fully saturated rings. The Morgan fingerprint density at radius 3 is 2.82 bits per heavy atom. The fourth-order valence-electron chi connectivity index (χ4n) is 1.35. The molecule has 4 nitrogen and oxygen atoms in total. The van der Waals surface area contributed by atoms with E-state index in [1.165, 1.54) is 12.1 Å². The van der Waals surface area contributed by atoms with Crippen molar-refractivity contribution in [3.05, 3.63) is 34.6 Å². The molecule has 0 unspecified atom stereocenters. The molecule has 0 heterocycles. The van der Waals surface area contributed by atoms with Crippen molar-refractivity contribution in [1.82, 2.24) is 0 Å². The van der Waals surface area contributed by atoms with Crippen LogP contribution in [0.3, 0.4) is 0 Å². The molecule has 5 heteroatoms. The van der Waals surface area contributed by atoms with Gasteiger partial charge in [0, 0.05) is 0 Å². The number of nitriles is 1. The predicted molar refractivity (Wildman–Crippen MR) is 56.8 cm³/mol. The molecule has 0 saturated heterocycles. The number of rotatable bonds is 4. The third-order valence-corrected chi connectivity index (χ3v) is 2.14. The first-order valence-corrected chi connectivity index (χ1v) is 4.96. The number of esters is 1. The van der Waals surface area contributed by atoms with Crippen molar-refractivity contribution < 1.29 is 18.7 Å². The first kappa shape index (κ1) is 12.8. The fraction of sp³-hybridized carbons (Fsp3) is 0.250. The van der Waals surface area contributed by atoms with Gasteiger partial charge in [-0.05, 0) is 18.6 Å². The van der Waals surface area contributed by atoms with E-state index in [-0.39, 0.29) is 36.0 Å².